The minimum atomic E-state index is -1.08. The Labute approximate surface area is 211 Å². The van der Waals surface area contributed by atoms with Crippen LogP contribution < -0.4 is 5.32 Å². The number of carboxylic acid groups (broad SMARTS) is 2. The van der Waals surface area contributed by atoms with Crippen molar-refractivity contribution in [1.29, 1.82) is 0 Å². The number of thioether (sulfide) groups is 1. The maximum atomic E-state index is 12.5. The third-order valence-electron chi connectivity index (χ3n) is 5.71. The number of carbonyl (C=O) groups excluding carboxylic acids is 1. The van der Waals surface area contributed by atoms with E-state index in [4.69, 9.17) is 21.8 Å². The molecule has 0 unspecified atom stereocenters. The lowest BCUT2D eigenvalue weighted by Crippen LogP contribution is -2.44. The molecule has 2 aliphatic rings. The van der Waals surface area contributed by atoms with Gasteiger partial charge in [-0.1, -0.05) is 17.7 Å². The first-order chi connectivity index (χ1) is 16.0. The Morgan fingerprint density at radius 3 is 2.32 bits per heavy atom. The first kappa shape index (κ1) is 28.3. The van der Waals surface area contributed by atoms with E-state index in [1.54, 1.807) is 0 Å². The first-order valence-electron chi connectivity index (χ1n) is 11.6. The van der Waals surface area contributed by atoms with Crippen LogP contribution in [0.1, 0.15) is 51.2 Å². The van der Waals surface area contributed by atoms with Gasteiger partial charge in [-0.25, -0.2) is 4.79 Å². The third kappa shape index (κ3) is 8.67. The maximum absolute atomic E-state index is 12.5. The molecule has 0 aromatic heterocycles. The normalized spacial score (nSPS) is 15.9. The molecule has 1 fully saturated rings. The highest BCUT2D eigenvalue weighted by Crippen LogP contribution is 2.34. The molecule has 190 valence electrons. The zero-order valence-electron chi connectivity index (χ0n) is 20.2. The Hall–Kier alpha value is -1.97. The predicted octanol–water partition coefficient (Wildman–Crippen LogP) is 3.98. The molecule has 0 bridgehead atoms. The van der Waals surface area contributed by atoms with E-state index in [-0.39, 0.29) is 24.4 Å². The van der Waals surface area contributed by atoms with E-state index in [1.807, 2.05) is 27.6 Å². The highest BCUT2D eigenvalue weighted by Gasteiger charge is 2.35. The molecule has 34 heavy (non-hydrogen) atoms. The van der Waals surface area contributed by atoms with Crippen LogP contribution in [0.2, 0.25) is 5.02 Å². The van der Waals surface area contributed by atoms with Gasteiger partial charge in [0, 0.05) is 30.1 Å². The van der Waals surface area contributed by atoms with Crippen LogP contribution in [0.4, 0.5) is 4.79 Å². The van der Waals surface area contributed by atoms with Gasteiger partial charge < -0.3 is 25.3 Å². The van der Waals surface area contributed by atoms with E-state index < -0.39 is 11.9 Å². The summed E-state index contributed by atoms with van der Waals surface area (Å²) in [6, 6.07) is 4.40. The fourth-order valence-corrected chi connectivity index (χ4v) is 5.35. The number of rotatable bonds is 8. The molecule has 0 radical (unpaired) electrons. The molecular weight excluding hydrogens is 478 g/mol. The second kappa shape index (κ2) is 13.2. The van der Waals surface area contributed by atoms with Crippen LogP contribution in [0.3, 0.4) is 0 Å². The number of halogens is 1. The number of fused-ring (bicyclic) bond motifs is 1. The van der Waals surface area contributed by atoms with E-state index >= 15 is 0 Å². The van der Waals surface area contributed by atoms with Crippen molar-refractivity contribution >= 4 is 41.3 Å². The smallest absolute Gasteiger partial charge is 0.320 e. The summed E-state index contributed by atoms with van der Waals surface area (Å²) in [4.78, 5) is 37.0. The average molecular weight is 514 g/mol. The first-order valence-corrected chi connectivity index (χ1v) is 13.0. The molecule has 2 amide bonds. The number of amides is 2. The lowest BCUT2D eigenvalue weighted by Gasteiger charge is -2.31. The molecule has 2 heterocycles. The molecule has 1 saturated heterocycles. The SMILES string of the molecule is CC(C)(C)N1CCN(CCCSc2c(Cl)ccc3c2CCNCC3)C1=O.O=C(O)CCC(=O)O. The molecule has 0 saturated carbocycles. The fourth-order valence-electron chi connectivity index (χ4n) is 3.92. The summed E-state index contributed by atoms with van der Waals surface area (Å²) >= 11 is 8.35. The van der Waals surface area contributed by atoms with Crippen molar-refractivity contribution < 1.29 is 24.6 Å². The standard InChI is InChI=1S/C20H30ClN3OS.C4H6O4/c1-20(2,3)24-13-12-23(19(24)25)11-4-14-26-18-16-8-10-22-9-7-15(16)5-6-17(18)21;5-3(6)1-2-4(7)8/h5-6,22H,4,7-14H2,1-3H3;1-2H2,(H,5,6)(H,7,8). The summed E-state index contributed by atoms with van der Waals surface area (Å²) < 4.78 is 0. The van der Waals surface area contributed by atoms with Gasteiger partial charge >= 0.3 is 18.0 Å². The Morgan fingerprint density at radius 1 is 1.09 bits per heavy atom. The van der Waals surface area contributed by atoms with Crippen molar-refractivity contribution in [3.8, 4) is 0 Å². The third-order valence-corrected chi connectivity index (χ3v) is 7.38. The summed E-state index contributed by atoms with van der Waals surface area (Å²) in [5, 5.41) is 20.1. The predicted molar refractivity (Wildman–Crippen MR) is 135 cm³/mol. The van der Waals surface area contributed by atoms with Gasteiger partial charge in [0.2, 0.25) is 0 Å². The lowest BCUT2D eigenvalue weighted by atomic mass is 10.0. The quantitative estimate of drug-likeness (QED) is 0.356. The molecule has 0 atom stereocenters. The Balaban J connectivity index is 0.000000440. The van der Waals surface area contributed by atoms with Gasteiger partial charge in [-0.05, 0) is 76.1 Å². The number of aliphatic carboxylic acids is 2. The van der Waals surface area contributed by atoms with Gasteiger partial charge in [-0.15, -0.1) is 11.8 Å². The molecule has 0 aliphatic carbocycles. The molecule has 10 heteroatoms. The molecule has 3 rings (SSSR count). The van der Waals surface area contributed by atoms with E-state index in [2.05, 4.69) is 32.2 Å². The second-order valence-electron chi connectivity index (χ2n) is 9.35. The monoisotopic (exact) mass is 513 g/mol. The minimum Gasteiger partial charge on any atom is -0.481 e. The van der Waals surface area contributed by atoms with Crippen LogP contribution in [0, 0.1) is 0 Å². The topological polar surface area (TPSA) is 110 Å². The summed E-state index contributed by atoms with van der Waals surface area (Å²) in [6.07, 6.45) is 2.52. The maximum Gasteiger partial charge on any atom is 0.320 e. The van der Waals surface area contributed by atoms with Gasteiger partial charge in [-0.2, -0.15) is 0 Å². The molecule has 1 aromatic rings. The summed E-state index contributed by atoms with van der Waals surface area (Å²) in [5.74, 6) is -1.16. The van der Waals surface area contributed by atoms with Crippen LogP contribution in [0.5, 0.6) is 0 Å². The molecule has 1 aromatic carbocycles. The second-order valence-corrected chi connectivity index (χ2v) is 10.9. The highest BCUT2D eigenvalue weighted by atomic mass is 35.5. The van der Waals surface area contributed by atoms with Gasteiger partial charge in [0.15, 0.2) is 0 Å². The Kier molecular flexibility index (Phi) is 11.0. The number of carboxylic acids is 2. The van der Waals surface area contributed by atoms with E-state index in [0.717, 1.165) is 62.8 Å². The Morgan fingerprint density at radius 2 is 1.74 bits per heavy atom. The Bertz CT molecular complexity index is 861. The van der Waals surface area contributed by atoms with E-state index in [9.17, 15) is 14.4 Å². The van der Waals surface area contributed by atoms with Crippen LogP contribution in [0.15, 0.2) is 17.0 Å². The molecule has 0 spiro atoms. The number of nitrogens with zero attached hydrogens (tertiary/aromatic N) is 2. The molecule has 3 N–H and O–H groups in total. The van der Waals surface area contributed by atoms with Crippen LogP contribution in [-0.2, 0) is 22.4 Å². The molecular formula is C24H36ClN3O5S. The van der Waals surface area contributed by atoms with Crippen molar-refractivity contribution in [2.45, 2.75) is 63.3 Å². The summed E-state index contributed by atoms with van der Waals surface area (Å²) in [7, 11) is 0. The molecule has 2 aliphatic heterocycles. The average Bonchev–Trinajstić information content (AvgIpc) is 2.97. The van der Waals surface area contributed by atoms with E-state index in [0.29, 0.717) is 0 Å². The zero-order chi connectivity index (χ0) is 25.3. The number of carbonyl (C=O) groups is 3. The van der Waals surface area contributed by atoms with Crippen molar-refractivity contribution in [2.24, 2.45) is 0 Å². The lowest BCUT2D eigenvalue weighted by molar-refractivity contribution is -0.143. The van der Waals surface area contributed by atoms with Crippen molar-refractivity contribution in [3.63, 3.8) is 0 Å². The van der Waals surface area contributed by atoms with Crippen LogP contribution in [-0.4, -0.2) is 82.0 Å². The largest absolute Gasteiger partial charge is 0.481 e. The summed E-state index contributed by atoms with van der Waals surface area (Å²) in [5.41, 5.74) is 2.75. The van der Waals surface area contributed by atoms with Crippen LogP contribution >= 0.6 is 23.4 Å². The van der Waals surface area contributed by atoms with Gasteiger partial charge in [0.1, 0.15) is 0 Å². The van der Waals surface area contributed by atoms with E-state index in [1.165, 1.54) is 16.0 Å². The number of nitrogens with one attached hydrogen (secondary N) is 1. The van der Waals surface area contributed by atoms with Crippen molar-refractivity contribution in [2.75, 3.05) is 38.5 Å². The zero-order valence-corrected chi connectivity index (χ0v) is 21.8. The van der Waals surface area contributed by atoms with Crippen molar-refractivity contribution in [1.82, 2.24) is 15.1 Å². The van der Waals surface area contributed by atoms with Gasteiger partial charge in [0.25, 0.3) is 0 Å². The number of hydrogen-bond acceptors (Lipinski definition) is 5. The number of urea groups is 1. The fraction of sp³-hybridized carbons (Fsp3) is 0.625. The van der Waals surface area contributed by atoms with Crippen molar-refractivity contribution in [3.05, 3.63) is 28.3 Å². The minimum absolute atomic E-state index is 0.0935. The number of benzene rings is 1. The molecule has 8 nitrogen and oxygen atoms in total. The highest BCUT2D eigenvalue weighted by molar-refractivity contribution is 7.99. The number of hydrogen-bond donors (Lipinski definition) is 3. The van der Waals surface area contributed by atoms with Gasteiger partial charge in [-0.3, -0.25) is 9.59 Å². The van der Waals surface area contributed by atoms with Crippen LogP contribution in [0.25, 0.3) is 0 Å². The van der Waals surface area contributed by atoms with Gasteiger partial charge in [0.05, 0.1) is 17.9 Å². The summed E-state index contributed by atoms with van der Waals surface area (Å²) in [6.45, 7) is 10.9.